The molecule has 1 nitrogen and oxygen atoms in total. The van der Waals surface area contributed by atoms with Gasteiger partial charge in [-0.25, -0.2) is 0 Å². The van der Waals surface area contributed by atoms with E-state index in [1.165, 1.54) is 64.3 Å². The van der Waals surface area contributed by atoms with Crippen molar-refractivity contribution in [2.45, 2.75) is 85.5 Å². The highest BCUT2D eigenvalue weighted by molar-refractivity contribution is 4.88. The zero-order chi connectivity index (χ0) is 16.8. The van der Waals surface area contributed by atoms with Crippen molar-refractivity contribution in [2.24, 2.45) is 41.4 Å². The second-order valence-corrected chi connectivity index (χ2v) is 9.16. The van der Waals surface area contributed by atoms with Gasteiger partial charge in [0.15, 0.2) is 0 Å². The van der Waals surface area contributed by atoms with Gasteiger partial charge in [-0.05, 0) is 87.1 Å². The Kier molecular flexibility index (Phi) is 7.92. The van der Waals surface area contributed by atoms with Crippen LogP contribution in [0.25, 0.3) is 0 Å². The summed E-state index contributed by atoms with van der Waals surface area (Å²) in [5, 5.41) is 3.42. The average molecular weight is 322 g/mol. The van der Waals surface area contributed by atoms with Crippen molar-refractivity contribution in [3.63, 3.8) is 0 Å². The highest BCUT2D eigenvalue weighted by atomic mass is 14.8. The summed E-state index contributed by atoms with van der Waals surface area (Å²) in [7, 11) is 2.12. The topological polar surface area (TPSA) is 12.0 Å². The first-order valence-electron chi connectivity index (χ1n) is 10.7. The van der Waals surface area contributed by atoms with Gasteiger partial charge in [0.1, 0.15) is 0 Å². The molecule has 2 rings (SSSR count). The Labute approximate surface area is 146 Å². The molecule has 23 heavy (non-hydrogen) atoms. The largest absolute Gasteiger partial charge is 0.320 e. The molecule has 0 bridgehead atoms. The third-order valence-corrected chi connectivity index (χ3v) is 7.78. The number of nitrogens with one attached hydrogen (secondary N) is 1. The monoisotopic (exact) mass is 321 g/mol. The normalized spacial score (nSPS) is 40.6. The van der Waals surface area contributed by atoms with Gasteiger partial charge in [-0.3, -0.25) is 0 Å². The Balaban J connectivity index is 2.11. The molecule has 1 heteroatoms. The second kappa shape index (κ2) is 9.44. The van der Waals surface area contributed by atoms with Crippen molar-refractivity contribution < 1.29 is 0 Å². The van der Waals surface area contributed by atoms with Crippen LogP contribution in [0.15, 0.2) is 0 Å². The molecular formula is C22H43N. The van der Waals surface area contributed by atoms with Crippen molar-refractivity contribution in [1.82, 2.24) is 5.32 Å². The van der Waals surface area contributed by atoms with E-state index in [1.54, 1.807) is 0 Å². The fraction of sp³-hybridized carbons (Fsp3) is 1.00. The maximum absolute atomic E-state index is 3.42. The first-order valence-corrected chi connectivity index (χ1v) is 10.7. The summed E-state index contributed by atoms with van der Waals surface area (Å²) in [6.45, 7) is 11.2. The molecule has 0 heterocycles. The Morgan fingerprint density at radius 2 is 1.78 bits per heavy atom. The quantitative estimate of drug-likeness (QED) is 0.641. The van der Waals surface area contributed by atoms with Crippen LogP contribution in [0.2, 0.25) is 0 Å². The predicted octanol–water partition coefficient (Wildman–Crippen LogP) is 6.14. The molecule has 0 spiro atoms. The Morgan fingerprint density at radius 1 is 1.00 bits per heavy atom. The molecule has 2 fully saturated rings. The van der Waals surface area contributed by atoms with Gasteiger partial charge in [0, 0.05) is 0 Å². The molecule has 0 aromatic carbocycles. The van der Waals surface area contributed by atoms with E-state index in [-0.39, 0.29) is 0 Å². The first-order chi connectivity index (χ1) is 11.1. The molecule has 2 saturated carbocycles. The maximum Gasteiger partial charge on any atom is -0.00492 e. The van der Waals surface area contributed by atoms with Crippen LogP contribution in [0.1, 0.15) is 85.5 Å². The fourth-order valence-corrected chi connectivity index (χ4v) is 5.66. The minimum Gasteiger partial charge on any atom is -0.320 e. The lowest BCUT2D eigenvalue weighted by Gasteiger charge is -2.43. The Hall–Kier alpha value is -0.0400. The van der Waals surface area contributed by atoms with Gasteiger partial charge in [0.25, 0.3) is 0 Å². The molecule has 2 aliphatic carbocycles. The van der Waals surface area contributed by atoms with Gasteiger partial charge in [0.05, 0.1) is 0 Å². The van der Waals surface area contributed by atoms with Gasteiger partial charge < -0.3 is 5.32 Å². The number of hydrogen-bond acceptors (Lipinski definition) is 1. The van der Waals surface area contributed by atoms with Crippen LogP contribution in [0.3, 0.4) is 0 Å². The number of fused-ring (bicyclic) bond motifs is 1. The predicted molar refractivity (Wildman–Crippen MR) is 103 cm³/mol. The molecule has 7 unspecified atom stereocenters. The summed E-state index contributed by atoms with van der Waals surface area (Å²) in [6.07, 6.45) is 13.3. The van der Waals surface area contributed by atoms with Crippen molar-refractivity contribution in [1.29, 1.82) is 0 Å². The SMILES string of the molecule is CCC(C)C1CCC2C(CCNC)CCCC(C)C(C)CC2C1. The molecule has 0 aliphatic heterocycles. The summed E-state index contributed by atoms with van der Waals surface area (Å²) in [4.78, 5) is 0. The van der Waals surface area contributed by atoms with Crippen LogP contribution < -0.4 is 5.32 Å². The zero-order valence-electron chi connectivity index (χ0n) is 16.6. The van der Waals surface area contributed by atoms with Crippen molar-refractivity contribution >= 4 is 0 Å². The van der Waals surface area contributed by atoms with E-state index < -0.39 is 0 Å². The minimum absolute atomic E-state index is 0.932. The van der Waals surface area contributed by atoms with E-state index in [4.69, 9.17) is 0 Å². The van der Waals surface area contributed by atoms with E-state index in [9.17, 15) is 0 Å². The third kappa shape index (κ3) is 5.21. The highest BCUT2D eigenvalue weighted by Crippen LogP contribution is 2.47. The van der Waals surface area contributed by atoms with E-state index in [1.807, 2.05) is 0 Å². The van der Waals surface area contributed by atoms with Crippen LogP contribution in [0.4, 0.5) is 0 Å². The van der Waals surface area contributed by atoms with Crippen molar-refractivity contribution in [3.05, 3.63) is 0 Å². The van der Waals surface area contributed by atoms with Crippen molar-refractivity contribution in [3.8, 4) is 0 Å². The highest BCUT2D eigenvalue weighted by Gasteiger charge is 2.38. The van der Waals surface area contributed by atoms with Crippen molar-refractivity contribution in [2.75, 3.05) is 13.6 Å². The standard InChI is InChI=1S/C22H43N/c1-6-16(2)20-10-11-22-19(12-13-23-5)9-7-8-17(3)18(4)14-21(22)15-20/h16-23H,6-15H2,1-5H3. The molecule has 1 N–H and O–H groups in total. The molecule has 0 amide bonds. The van der Waals surface area contributed by atoms with Crippen LogP contribution in [0.5, 0.6) is 0 Å². The van der Waals surface area contributed by atoms with E-state index >= 15 is 0 Å². The third-order valence-electron chi connectivity index (χ3n) is 7.78. The Morgan fingerprint density at radius 3 is 2.48 bits per heavy atom. The minimum atomic E-state index is 0.932. The summed E-state index contributed by atoms with van der Waals surface area (Å²) < 4.78 is 0. The van der Waals surface area contributed by atoms with Crippen LogP contribution in [-0.4, -0.2) is 13.6 Å². The molecule has 2 aliphatic rings. The maximum atomic E-state index is 3.42. The van der Waals surface area contributed by atoms with Crippen LogP contribution in [0, 0.1) is 41.4 Å². The summed E-state index contributed by atoms with van der Waals surface area (Å²) >= 11 is 0. The number of hydrogen-bond donors (Lipinski definition) is 1. The lowest BCUT2D eigenvalue weighted by atomic mass is 9.63. The smallest absolute Gasteiger partial charge is 0.00492 e. The molecule has 136 valence electrons. The fourth-order valence-electron chi connectivity index (χ4n) is 5.66. The molecule has 0 saturated heterocycles. The molecule has 0 aromatic heterocycles. The molecular weight excluding hydrogens is 278 g/mol. The molecule has 7 atom stereocenters. The summed E-state index contributed by atoms with van der Waals surface area (Å²) in [5.41, 5.74) is 0. The molecule has 0 radical (unpaired) electrons. The van der Waals surface area contributed by atoms with Gasteiger partial charge in [-0.2, -0.15) is 0 Å². The average Bonchev–Trinajstić information content (AvgIpc) is 2.61. The first kappa shape index (κ1) is 19.3. The van der Waals surface area contributed by atoms with E-state index in [0.717, 1.165) is 41.4 Å². The summed E-state index contributed by atoms with van der Waals surface area (Å²) in [6, 6.07) is 0. The number of rotatable bonds is 5. The Bertz CT molecular complexity index is 326. The zero-order valence-corrected chi connectivity index (χ0v) is 16.6. The van der Waals surface area contributed by atoms with E-state index in [0.29, 0.717) is 0 Å². The lowest BCUT2D eigenvalue weighted by molar-refractivity contribution is 0.0741. The van der Waals surface area contributed by atoms with Gasteiger partial charge in [-0.15, -0.1) is 0 Å². The van der Waals surface area contributed by atoms with Gasteiger partial charge in [0.2, 0.25) is 0 Å². The lowest BCUT2D eigenvalue weighted by Crippen LogP contribution is -2.34. The summed E-state index contributed by atoms with van der Waals surface area (Å²) in [5.74, 6) is 6.84. The van der Waals surface area contributed by atoms with Gasteiger partial charge in [-0.1, -0.05) is 53.4 Å². The van der Waals surface area contributed by atoms with Crippen LogP contribution >= 0.6 is 0 Å². The second-order valence-electron chi connectivity index (χ2n) is 9.16. The van der Waals surface area contributed by atoms with Gasteiger partial charge >= 0.3 is 0 Å². The van der Waals surface area contributed by atoms with E-state index in [2.05, 4.69) is 40.1 Å². The molecule has 0 aromatic rings. The van der Waals surface area contributed by atoms with Crippen LogP contribution in [-0.2, 0) is 0 Å².